The standard InChI is InChI=1S/C23H41F2N3O/c1-17(2)19(5)28-11-6-20(23(24,25)16-28)26-12-7-22(8-13-26)9-14-27(15-10-22)21(29)18(3)4/h17-20H,6-16H2,1-5H3/t19-,20+/m0/s1. The molecule has 29 heavy (non-hydrogen) atoms. The molecule has 2 atom stereocenters. The molecule has 3 fully saturated rings. The predicted octanol–water partition coefficient (Wildman–Crippen LogP) is 4.10. The molecule has 0 unspecified atom stereocenters. The van der Waals surface area contributed by atoms with Crippen LogP contribution in [-0.2, 0) is 4.79 Å². The Labute approximate surface area is 176 Å². The highest BCUT2D eigenvalue weighted by atomic mass is 19.3. The van der Waals surface area contributed by atoms with Crippen molar-refractivity contribution < 1.29 is 13.6 Å². The lowest BCUT2D eigenvalue weighted by atomic mass is 9.70. The fourth-order valence-electron chi connectivity index (χ4n) is 5.55. The van der Waals surface area contributed by atoms with E-state index in [1.807, 2.05) is 23.6 Å². The van der Waals surface area contributed by atoms with E-state index in [0.29, 0.717) is 12.3 Å². The Morgan fingerprint density at radius 3 is 1.93 bits per heavy atom. The highest BCUT2D eigenvalue weighted by molar-refractivity contribution is 5.78. The summed E-state index contributed by atoms with van der Waals surface area (Å²) < 4.78 is 30.1. The van der Waals surface area contributed by atoms with E-state index in [1.165, 1.54) is 0 Å². The lowest BCUT2D eigenvalue weighted by Gasteiger charge is -2.51. The highest BCUT2D eigenvalue weighted by Crippen LogP contribution is 2.44. The Balaban J connectivity index is 1.53. The van der Waals surface area contributed by atoms with Crippen LogP contribution in [0.3, 0.4) is 0 Å². The van der Waals surface area contributed by atoms with E-state index >= 15 is 8.78 Å². The largest absolute Gasteiger partial charge is 0.342 e. The molecule has 168 valence electrons. The first-order chi connectivity index (χ1) is 13.5. The lowest BCUT2D eigenvalue weighted by molar-refractivity contribution is -0.148. The third-order valence-corrected chi connectivity index (χ3v) is 8.06. The topological polar surface area (TPSA) is 26.8 Å². The first kappa shape index (κ1) is 22.9. The molecule has 0 aromatic heterocycles. The predicted molar refractivity (Wildman–Crippen MR) is 113 cm³/mol. The number of rotatable bonds is 4. The van der Waals surface area contributed by atoms with Gasteiger partial charge in [0.05, 0.1) is 12.6 Å². The molecular formula is C23H41F2N3O. The van der Waals surface area contributed by atoms with Crippen molar-refractivity contribution in [3.05, 3.63) is 0 Å². The molecule has 0 N–H and O–H groups in total. The van der Waals surface area contributed by atoms with Crippen LogP contribution in [0.1, 0.15) is 66.7 Å². The summed E-state index contributed by atoms with van der Waals surface area (Å²) >= 11 is 0. The Hall–Kier alpha value is -0.750. The van der Waals surface area contributed by atoms with Gasteiger partial charge in [0, 0.05) is 31.6 Å². The average molecular weight is 414 g/mol. The summed E-state index contributed by atoms with van der Waals surface area (Å²) in [5.41, 5.74) is 0.256. The van der Waals surface area contributed by atoms with E-state index in [4.69, 9.17) is 0 Å². The van der Waals surface area contributed by atoms with Crippen molar-refractivity contribution in [1.29, 1.82) is 0 Å². The molecule has 0 bridgehead atoms. The molecular weight excluding hydrogens is 372 g/mol. The minimum Gasteiger partial charge on any atom is -0.342 e. The van der Waals surface area contributed by atoms with E-state index in [0.717, 1.165) is 58.4 Å². The molecule has 1 amide bonds. The minimum absolute atomic E-state index is 0.0532. The number of hydrogen-bond acceptors (Lipinski definition) is 3. The fourth-order valence-corrected chi connectivity index (χ4v) is 5.55. The van der Waals surface area contributed by atoms with Crippen LogP contribution in [0.15, 0.2) is 0 Å². The number of alkyl halides is 2. The van der Waals surface area contributed by atoms with Crippen molar-refractivity contribution >= 4 is 5.91 Å². The third-order valence-electron chi connectivity index (χ3n) is 8.06. The summed E-state index contributed by atoms with van der Waals surface area (Å²) in [6.45, 7) is 14.1. The van der Waals surface area contributed by atoms with Crippen molar-refractivity contribution in [2.75, 3.05) is 39.3 Å². The number of carbonyl (C=O) groups is 1. The van der Waals surface area contributed by atoms with Gasteiger partial charge in [-0.05, 0) is 63.5 Å². The summed E-state index contributed by atoms with van der Waals surface area (Å²) in [6, 6.07) is -0.414. The van der Waals surface area contributed by atoms with Gasteiger partial charge < -0.3 is 4.90 Å². The molecule has 0 aromatic rings. The Kier molecular flexibility index (Phi) is 6.94. The third kappa shape index (κ3) is 4.95. The number of amides is 1. The number of hydrogen-bond donors (Lipinski definition) is 0. The fraction of sp³-hybridized carbons (Fsp3) is 0.957. The molecule has 4 nitrogen and oxygen atoms in total. The quantitative estimate of drug-likeness (QED) is 0.694. The normalized spacial score (nSPS) is 29.6. The van der Waals surface area contributed by atoms with Crippen LogP contribution in [0.5, 0.6) is 0 Å². The maximum absolute atomic E-state index is 15.0. The Morgan fingerprint density at radius 2 is 1.45 bits per heavy atom. The average Bonchev–Trinajstić information content (AvgIpc) is 2.67. The summed E-state index contributed by atoms with van der Waals surface area (Å²) in [5, 5.41) is 0. The smallest absolute Gasteiger partial charge is 0.275 e. The number of nitrogens with zero attached hydrogens (tertiary/aromatic N) is 3. The molecule has 3 heterocycles. The van der Waals surface area contributed by atoms with Gasteiger partial charge >= 0.3 is 0 Å². The van der Waals surface area contributed by atoms with Crippen molar-refractivity contribution in [3.63, 3.8) is 0 Å². The first-order valence-corrected chi connectivity index (χ1v) is 11.7. The van der Waals surface area contributed by atoms with Gasteiger partial charge in [-0.1, -0.05) is 27.7 Å². The van der Waals surface area contributed by atoms with Crippen LogP contribution in [0.25, 0.3) is 0 Å². The summed E-state index contributed by atoms with van der Waals surface area (Å²) in [4.78, 5) is 18.3. The summed E-state index contributed by atoms with van der Waals surface area (Å²) in [5.74, 6) is -1.94. The SMILES string of the molecule is CC(C)C(=O)N1CCC2(CC1)CCN([C@@H]1CCN([C@@H](C)C(C)C)CC1(F)F)CC2. The number of halogens is 2. The van der Waals surface area contributed by atoms with Gasteiger partial charge in [-0.2, -0.15) is 0 Å². The second kappa shape index (κ2) is 8.78. The summed E-state index contributed by atoms with van der Waals surface area (Å²) in [6.07, 6.45) is 4.61. The van der Waals surface area contributed by atoms with Crippen molar-refractivity contribution in [2.45, 2.75) is 84.7 Å². The molecule has 3 aliphatic heterocycles. The minimum atomic E-state index is -2.64. The zero-order valence-corrected chi connectivity index (χ0v) is 19.1. The maximum Gasteiger partial charge on any atom is 0.275 e. The van der Waals surface area contributed by atoms with Gasteiger partial charge in [-0.15, -0.1) is 0 Å². The molecule has 3 saturated heterocycles. The van der Waals surface area contributed by atoms with E-state index in [9.17, 15) is 4.79 Å². The Bertz CT molecular complexity index is 562. The van der Waals surface area contributed by atoms with Gasteiger partial charge in [0.1, 0.15) is 0 Å². The Morgan fingerprint density at radius 1 is 0.897 bits per heavy atom. The van der Waals surface area contributed by atoms with Crippen molar-refractivity contribution in [3.8, 4) is 0 Å². The zero-order valence-electron chi connectivity index (χ0n) is 19.1. The van der Waals surface area contributed by atoms with Crippen LogP contribution in [-0.4, -0.2) is 77.9 Å². The molecule has 6 heteroatoms. The summed E-state index contributed by atoms with van der Waals surface area (Å²) in [7, 11) is 0. The molecule has 0 aliphatic carbocycles. The highest BCUT2D eigenvalue weighted by Gasteiger charge is 2.50. The van der Waals surface area contributed by atoms with Crippen LogP contribution >= 0.6 is 0 Å². The second-order valence-corrected chi connectivity index (χ2v) is 10.5. The monoisotopic (exact) mass is 413 g/mol. The van der Waals surface area contributed by atoms with E-state index in [1.54, 1.807) is 0 Å². The van der Waals surface area contributed by atoms with Crippen molar-refractivity contribution in [2.24, 2.45) is 17.3 Å². The molecule has 0 radical (unpaired) electrons. The first-order valence-electron chi connectivity index (χ1n) is 11.7. The van der Waals surface area contributed by atoms with Crippen LogP contribution in [0.4, 0.5) is 8.78 Å². The lowest BCUT2D eigenvalue weighted by Crippen LogP contribution is -2.62. The van der Waals surface area contributed by atoms with E-state index in [2.05, 4.69) is 25.7 Å². The van der Waals surface area contributed by atoms with Crippen molar-refractivity contribution in [1.82, 2.24) is 14.7 Å². The van der Waals surface area contributed by atoms with E-state index in [-0.39, 0.29) is 29.8 Å². The molecule has 1 spiro atoms. The van der Waals surface area contributed by atoms with Crippen LogP contribution in [0, 0.1) is 17.3 Å². The zero-order chi connectivity index (χ0) is 21.4. The molecule has 0 saturated carbocycles. The van der Waals surface area contributed by atoms with Gasteiger partial charge in [-0.25, -0.2) is 8.78 Å². The van der Waals surface area contributed by atoms with E-state index < -0.39 is 12.0 Å². The number of likely N-dealkylation sites (tertiary alicyclic amines) is 3. The number of piperidine rings is 3. The van der Waals surface area contributed by atoms with Gasteiger partial charge in [0.2, 0.25) is 5.91 Å². The second-order valence-electron chi connectivity index (χ2n) is 10.5. The van der Waals surface area contributed by atoms with Crippen LogP contribution < -0.4 is 0 Å². The molecule has 0 aromatic carbocycles. The number of carbonyl (C=O) groups excluding carboxylic acids is 1. The molecule has 3 rings (SSSR count). The van der Waals surface area contributed by atoms with Gasteiger partial charge in [0.25, 0.3) is 5.92 Å². The maximum atomic E-state index is 15.0. The van der Waals surface area contributed by atoms with Crippen LogP contribution in [0.2, 0.25) is 0 Å². The molecule has 3 aliphatic rings. The van der Waals surface area contributed by atoms with Gasteiger partial charge in [-0.3, -0.25) is 14.6 Å². The van der Waals surface area contributed by atoms with Gasteiger partial charge in [0.15, 0.2) is 0 Å².